The lowest BCUT2D eigenvalue weighted by molar-refractivity contribution is -0.118. The van der Waals surface area contributed by atoms with Crippen LogP contribution in [0.25, 0.3) is 5.69 Å². The van der Waals surface area contributed by atoms with Crippen LogP contribution in [0.4, 0.5) is 11.4 Å². The van der Waals surface area contributed by atoms with E-state index in [0.717, 1.165) is 39.6 Å². The van der Waals surface area contributed by atoms with Gasteiger partial charge in [-0.25, -0.2) is 4.79 Å². The monoisotopic (exact) mass is 601 g/mol. The number of amides is 1. The van der Waals surface area contributed by atoms with E-state index in [1.54, 1.807) is 30.5 Å². The minimum atomic E-state index is -0.976. The summed E-state index contributed by atoms with van der Waals surface area (Å²) in [6, 6.07) is 17.9. The van der Waals surface area contributed by atoms with E-state index in [1.165, 1.54) is 0 Å². The van der Waals surface area contributed by atoms with Crippen LogP contribution >= 0.6 is 23.8 Å². The van der Waals surface area contributed by atoms with Gasteiger partial charge in [0.25, 0.3) is 0 Å². The summed E-state index contributed by atoms with van der Waals surface area (Å²) in [5.74, 6) is -1.28. The fourth-order valence-electron chi connectivity index (χ4n) is 5.42. The average Bonchev–Trinajstić information content (AvgIpc) is 3.45. The van der Waals surface area contributed by atoms with Crippen molar-refractivity contribution in [2.75, 3.05) is 10.2 Å². The smallest absolute Gasteiger partial charge is 0.335 e. The zero-order valence-electron chi connectivity index (χ0n) is 24.0. The highest BCUT2D eigenvalue weighted by atomic mass is 35.5. The Morgan fingerprint density at radius 1 is 1.07 bits per heavy atom. The van der Waals surface area contributed by atoms with Crippen molar-refractivity contribution >= 4 is 52.2 Å². The van der Waals surface area contributed by atoms with Crippen LogP contribution in [-0.4, -0.2) is 31.6 Å². The number of carboxylic acid groups (broad SMARTS) is 1. The number of carboxylic acids is 1. The molecule has 1 saturated heterocycles. The fourth-order valence-corrected chi connectivity index (χ4v) is 5.99. The van der Waals surface area contributed by atoms with Crippen LogP contribution in [0.2, 0.25) is 5.02 Å². The van der Waals surface area contributed by atoms with Crippen molar-refractivity contribution in [2.45, 2.75) is 46.7 Å². The molecule has 1 aliphatic rings. The maximum absolute atomic E-state index is 12.3. The first kappa shape index (κ1) is 29.3. The second kappa shape index (κ2) is 11.6. The van der Waals surface area contributed by atoms with Crippen molar-refractivity contribution in [1.82, 2.24) is 14.9 Å². The second-order valence-corrected chi connectivity index (χ2v) is 11.6. The number of thiocarbonyl (C=S) groups is 1. The molecule has 0 spiro atoms. The number of hydrogen-bond donors (Lipinski definition) is 3. The zero-order valence-corrected chi connectivity index (χ0v) is 25.5. The van der Waals surface area contributed by atoms with Gasteiger partial charge in [0.15, 0.2) is 5.11 Å². The Kier molecular flexibility index (Phi) is 8.08. The molecule has 0 bridgehead atoms. The van der Waals surface area contributed by atoms with E-state index >= 15 is 0 Å². The molecule has 3 N–H and O–H groups in total. The molecule has 5 rings (SSSR count). The van der Waals surface area contributed by atoms with Crippen LogP contribution in [0.15, 0.2) is 66.9 Å². The number of carbonyl (C=O) groups excluding carboxylic acids is 1. The first-order valence-electron chi connectivity index (χ1n) is 13.6. The van der Waals surface area contributed by atoms with Crippen LogP contribution in [0.1, 0.15) is 64.5 Å². The molecule has 8 nitrogen and oxygen atoms in total. The summed E-state index contributed by atoms with van der Waals surface area (Å²) in [5.41, 5.74) is 7.01. The number of pyridine rings is 1. The van der Waals surface area contributed by atoms with E-state index in [-0.39, 0.29) is 29.5 Å². The first-order valence-corrected chi connectivity index (χ1v) is 14.4. The van der Waals surface area contributed by atoms with Gasteiger partial charge in [0.2, 0.25) is 5.91 Å². The third-order valence-electron chi connectivity index (χ3n) is 7.60. The molecule has 2 aromatic carbocycles. The number of rotatable bonds is 7. The van der Waals surface area contributed by atoms with Crippen LogP contribution in [-0.2, 0) is 4.79 Å². The topological polar surface area (TPSA) is 99.5 Å². The number of aromatic nitrogens is 2. The highest BCUT2D eigenvalue weighted by Crippen LogP contribution is 2.45. The molecule has 2 aromatic heterocycles. The zero-order chi connectivity index (χ0) is 30.3. The lowest BCUT2D eigenvalue weighted by atomic mass is 9.96. The van der Waals surface area contributed by atoms with E-state index in [9.17, 15) is 14.7 Å². The number of benzene rings is 2. The molecule has 2 atom stereocenters. The molecule has 0 aliphatic carbocycles. The average molecular weight is 602 g/mol. The van der Waals surface area contributed by atoms with Gasteiger partial charge in [-0.05, 0) is 92.6 Å². The maximum Gasteiger partial charge on any atom is 0.335 e. The minimum Gasteiger partial charge on any atom is -0.478 e. The molecule has 42 heavy (non-hydrogen) atoms. The van der Waals surface area contributed by atoms with Crippen LogP contribution < -0.4 is 15.5 Å². The van der Waals surface area contributed by atoms with Gasteiger partial charge in [0.05, 0.1) is 34.1 Å². The van der Waals surface area contributed by atoms with E-state index in [2.05, 4.69) is 26.3 Å². The highest BCUT2D eigenvalue weighted by Gasteiger charge is 2.42. The van der Waals surface area contributed by atoms with Gasteiger partial charge in [-0.15, -0.1) is 0 Å². The van der Waals surface area contributed by atoms with Gasteiger partial charge < -0.3 is 25.2 Å². The van der Waals surface area contributed by atoms with E-state index in [0.29, 0.717) is 15.8 Å². The number of anilines is 2. The van der Waals surface area contributed by atoms with Gasteiger partial charge in [-0.1, -0.05) is 37.6 Å². The SMILES string of the molecule is Cc1ccc(C(=O)O)cc1-n1c(C)cc([C@@H]2[C@H](c3ccccn3)NC(=S)N2c2ccc(NC(=O)C(C)C)c(Cl)c2)c1C. The Balaban J connectivity index is 1.64. The number of carbonyl (C=O) groups is 2. The van der Waals surface area contributed by atoms with Gasteiger partial charge in [0.1, 0.15) is 0 Å². The lowest BCUT2D eigenvalue weighted by Gasteiger charge is -2.28. The standard InChI is InChI=1S/C32H32ClN5O3S/c1-17(2)30(39)35-25-12-11-22(16-24(25)33)38-29(28(36-32(38)42)26-8-6-7-13-34-26)23-14-19(4)37(20(23)5)27-15-21(31(40)41)10-9-18(27)3/h6-17,28-29H,1-5H3,(H,35,39)(H,36,42)(H,40,41)/t28-,29+/m0/s1. The third kappa shape index (κ3) is 5.37. The van der Waals surface area contributed by atoms with E-state index in [1.807, 2.05) is 69.9 Å². The Morgan fingerprint density at radius 2 is 1.83 bits per heavy atom. The number of halogens is 1. The third-order valence-corrected chi connectivity index (χ3v) is 8.22. The number of aromatic carboxylic acids is 1. The first-order chi connectivity index (χ1) is 20.0. The molecule has 0 saturated carbocycles. The Morgan fingerprint density at radius 3 is 2.48 bits per heavy atom. The molecular weight excluding hydrogens is 570 g/mol. The van der Waals surface area contributed by atoms with E-state index in [4.69, 9.17) is 23.8 Å². The number of aryl methyl sites for hydroxylation is 2. The largest absolute Gasteiger partial charge is 0.478 e. The van der Waals surface area contributed by atoms with Gasteiger partial charge in [-0.3, -0.25) is 9.78 Å². The van der Waals surface area contributed by atoms with Crippen LogP contribution in [0.3, 0.4) is 0 Å². The van der Waals surface area contributed by atoms with Gasteiger partial charge >= 0.3 is 5.97 Å². The molecule has 4 aromatic rings. The molecule has 10 heteroatoms. The van der Waals surface area contributed by atoms with Crippen molar-refractivity contribution in [2.24, 2.45) is 5.92 Å². The predicted molar refractivity (Wildman–Crippen MR) is 170 cm³/mol. The summed E-state index contributed by atoms with van der Waals surface area (Å²) in [7, 11) is 0. The molecule has 0 unspecified atom stereocenters. The molecule has 0 radical (unpaired) electrons. The van der Waals surface area contributed by atoms with Crippen molar-refractivity contribution in [3.63, 3.8) is 0 Å². The van der Waals surface area contributed by atoms with E-state index < -0.39 is 5.97 Å². The summed E-state index contributed by atoms with van der Waals surface area (Å²) in [4.78, 5) is 30.8. The normalized spacial score (nSPS) is 16.5. The lowest BCUT2D eigenvalue weighted by Crippen LogP contribution is -2.29. The minimum absolute atomic E-state index is 0.120. The van der Waals surface area contributed by atoms with Gasteiger partial charge in [0, 0.05) is 34.9 Å². The van der Waals surface area contributed by atoms with Crippen molar-refractivity contribution in [3.05, 3.63) is 106 Å². The number of hydrogen-bond acceptors (Lipinski definition) is 4. The van der Waals surface area contributed by atoms with Gasteiger partial charge in [-0.2, -0.15) is 0 Å². The summed E-state index contributed by atoms with van der Waals surface area (Å²) in [6.45, 7) is 9.65. The molecule has 1 amide bonds. The summed E-state index contributed by atoms with van der Waals surface area (Å²) < 4.78 is 2.09. The Labute approximate surface area is 255 Å². The van der Waals surface area contributed by atoms with Crippen molar-refractivity contribution in [3.8, 4) is 5.69 Å². The van der Waals surface area contributed by atoms with Crippen molar-refractivity contribution in [1.29, 1.82) is 0 Å². The number of nitrogens with one attached hydrogen (secondary N) is 2. The maximum atomic E-state index is 12.3. The summed E-state index contributed by atoms with van der Waals surface area (Å²) in [5, 5.41) is 16.9. The molecular formula is C32H32ClN5O3S. The fraction of sp³-hybridized carbons (Fsp3) is 0.250. The highest BCUT2D eigenvalue weighted by molar-refractivity contribution is 7.80. The van der Waals surface area contributed by atoms with Crippen LogP contribution in [0.5, 0.6) is 0 Å². The number of nitrogens with zero attached hydrogens (tertiary/aromatic N) is 3. The molecule has 3 heterocycles. The Hall–Kier alpha value is -4.21. The van der Waals surface area contributed by atoms with Crippen molar-refractivity contribution < 1.29 is 14.7 Å². The quantitative estimate of drug-likeness (QED) is 0.198. The summed E-state index contributed by atoms with van der Waals surface area (Å²) >= 11 is 12.6. The Bertz CT molecular complexity index is 1700. The molecule has 1 fully saturated rings. The summed E-state index contributed by atoms with van der Waals surface area (Å²) in [6.07, 6.45) is 1.76. The van der Waals surface area contributed by atoms with Crippen LogP contribution in [0, 0.1) is 26.7 Å². The molecule has 216 valence electrons. The second-order valence-electron chi connectivity index (χ2n) is 10.8. The molecule has 1 aliphatic heterocycles. The predicted octanol–water partition coefficient (Wildman–Crippen LogP) is 6.92.